The molecule has 124 valence electrons. The maximum atomic E-state index is 6.28. The first-order valence-corrected chi connectivity index (χ1v) is 9.38. The van der Waals surface area contributed by atoms with Crippen LogP contribution in [-0.4, -0.2) is 47.9 Å². The summed E-state index contributed by atoms with van der Waals surface area (Å²) in [7, 11) is 0. The number of fused-ring (bicyclic) bond motifs is 1. The molecule has 0 aromatic carbocycles. The van der Waals surface area contributed by atoms with Crippen molar-refractivity contribution in [3.8, 4) is 0 Å². The molecule has 3 heterocycles. The van der Waals surface area contributed by atoms with Gasteiger partial charge in [0.25, 0.3) is 0 Å². The molecule has 3 atom stereocenters. The molecule has 0 saturated carbocycles. The molecule has 2 aliphatic heterocycles. The standard InChI is InChI=1S/C17H28N2O2S/c1-12(2)9-20-10-15-4-5-16-17(21-15)6-7-19(16)8-14-11-22-13(3)18-14/h11-12,15-17H,4-10H2,1-3H3/t15-,16+,17+/m1/s1. The number of thiazole rings is 1. The molecule has 0 amide bonds. The minimum absolute atomic E-state index is 0.293. The van der Waals surface area contributed by atoms with Crippen LogP contribution < -0.4 is 0 Å². The van der Waals surface area contributed by atoms with Crippen molar-refractivity contribution < 1.29 is 9.47 Å². The second-order valence-electron chi connectivity index (χ2n) is 6.99. The van der Waals surface area contributed by atoms with Gasteiger partial charge in [-0.2, -0.15) is 0 Å². The van der Waals surface area contributed by atoms with Crippen molar-refractivity contribution in [3.63, 3.8) is 0 Å². The lowest BCUT2D eigenvalue weighted by atomic mass is 9.99. The van der Waals surface area contributed by atoms with Crippen molar-refractivity contribution in [2.75, 3.05) is 19.8 Å². The van der Waals surface area contributed by atoms with E-state index in [2.05, 4.69) is 36.0 Å². The van der Waals surface area contributed by atoms with E-state index in [0.717, 1.165) is 44.2 Å². The SMILES string of the molecule is Cc1nc(CN2CC[C@@H]3O[C@@H](COCC(C)C)CC[C@@H]32)cs1. The van der Waals surface area contributed by atoms with Crippen molar-refractivity contribution >= 4 is 11.3 Å². The van der Waals surface area contributed by atoms with Gasteiger partial charge in [-0.1, -0.05) is 13.8 Å². The van der Waals surface area contributed by atoms with Crippen molar-refractivity contribution in [2.45, 2.75) is 64.8 Å². The zero-order chi connectivity index (χ0) is 15.5. The summed E-state index contributed by atoms with van der Waals surface area (Å²) in [6.45, 7) is 10.1. The predicted molar refractivity (Wildman–Crippen MR) is 89.2 cm³/mol. The Bertz CT molecular complexity index is 477. The smallest absolute Gasteiger partial charge is 0.0897 e. The topological polar surface area (TPSA) is 34.6 Å². The summed E-state index contributed by atoms with van der Waals surface area (Å²) in [5.74, 6) is 0.597. The van der Waals surface area contributed by atoms with Crippen LogP contribution in [-0.2, 0) is 16.0 Å². The third-order valence-corrected chi connectivity index (χ3v) is 5.36. The Balaban J connectivity index is 1.47. The van der Waals surface area contributed by atoms with E-state index in [1.165, 1.54) is 12.1 Å². The first kappa shape index (κ1) is 16.4. The summed E-state index contributed by atoms with van der Waals surface area (Å²) in [5, 5.41) is 3.35. The average Bonchev–Trinajstić information content (AvgIpc) is 3.06. The van der Waals surface area contributed by atoms with E-state index in [1.54, 1.807) is 11.3 Å². The lowest BCUT2D eigenvalue weighted by Gasteiger charge is -2.35. The number of hydrogen-bond donors (Lipinski definition) is 0. The Morgan fingerprint density at radius 2 is 2.27 bits per heavy atom. The highest BCUT2D eigenvalue weighted by molar-refractivity contribution is 7.09. The number of aryl methyl sites for hydroxylation is 1. The second kappa shape index (κ2) is 7.39. The molecule has 0 aliphatic carbocycles. The second-order valence-corrected chi connectivity index (χ2v) is 8.05. The maximum Gasteiger partial charge on any atom is 0.0897 e. The van der Waals surface area contributed by atoms with Gasteiger partial charge in [0.2, 0.25) is 0 Å². The summed E-state index contributed by atoms with van der Waals surface area (Å²) in [6.07, 6.45) is 4.17. The summed E-state index contributed by atoms with van der Waals surface area (Å²) < 4.78 is 12.0. The number of nitrogens with zero attached hydrogens (tertiary/aromatic N) is 2. The Labute approximate surface area is 137 Å². The van der Waals surface area contributed by atoms with E-state index in [0.29, 0.717) is 24.2 Å². The number of ether oxygens (including phenoxy) is 2. The van der Waals surface area contributed by atoms with Crippen LogP contribution in [0.15, 0.2) is 5.38 Å². The quantitative estimate of drug-likeness (QED) is 0.804. The first-order valence-electron chi connectivity index (χ1n) is 8.50. The van der Waals surface area contributed by atoms with Crippen molar-refractivity contribution in [3.05, 3.63) is 16.1 Å². The van der Waals surface area contributed by atoms with Crippen LogP contribution in [0.25, 0.3) is 0 Å². The van der Waals surface area contributed by atoms with Crippen LogP contribution in [0.4, 0.5) is 0 Å². The largest absolute Gasteiger partial charge is 0.378 e. The predicted octanol–water partition coefficient (Wildman–Crippen LogP) is 3.25. The first-order chi connectivity index (χ1) is 10.6. The Morgan fingerprint density at radius 1 is 1.41 bits per heavy atom. The minimum atomic E-state index is 0.293. The monoisotopic (exact) mass is 324 g/mol. The molecule has 5 heteroatoms. The normalized spacial score (nSPS) is 29.2. The molecular weight excluding hydrogens is 296 g/mol. The van der Waals surface area contributed by atoms with Gasteiger partial charge < -0.3 is 9.47 Å². The van der Waals surface area contributed by atoms with E-state index in [9.17, 15) is 0 Å². The van der Waals surface area contributed by atoms with E-state index in [1.807, 2.05) is 0 Å². The maximum absolute atomic E-state index is 6.28. The molecule has 0 bridgehead atoms. The number of likely N-dealkylation sites (tertiary alicyclic amines) is 1. The zero-order valence-corrected chi connectivity index (χ0v) is 14.8. The highest BCUT2D eigenvalue weighted by atomic mass is 32.1. The van der Waals surface area contributed by atoms with Gasteiger partial charge in [0.15, 0.2) is 0 Å². The molecule has 3 rings (SSSR count). The van der Waals surface area contributed by atoms with Gasteiger partial charge in [-0.3, -0.25) is 4.90 Å². The fourth-order valence-electron chi connectivity index (χ4n) is 3.53. The van der Waals surface area contributed by atoms with Gasteiger partial charge in [0.1, 0.15) is 0 Å². The molecule has 4 nitrogen and oxygen atoms in total. The average molecular weight is 324 g/mol. The lowest BCUT2D eigenvalue weighted by molar-refractivity contribution is -0.102. The molecule has 1 aromatic rings. The Kier molecular flexibility index (Phi) is 5.50. The van der Waals surface area contributed by atoms with E-state index in [4.69, 9.17) is 9.47 Å². The van der Waals surface area contributed by atoms with Crippen molar-refractivity contribution in [1.29, 1.82) is 0 Å². The molecule has 0 radical (unpaired) electrons. The van der Waals surface area contributed by atoms with Crippen LogP contribution >= 0.6 is 11.3 Å². The molecule has 22 heavy (non-hydrogen) atoms. The molecule has 0 unspecified atom stereocenters. The van der Waals surface area contributed by atoms with Gasteiger partial charge >= 0.3 is 0 Å². The summed E-state index contributed by atoms with van der Waals surface area (Å²) >= 11 is 1.74. The van der Waals surface area contributed by atoms with Gasteiger partial charge in [-0.15, -0.1) is 11.3 Å². The highest BCUT2D eigenvalue weighted by Gasteiger charge is 2.39. The van der Waals surface area contributed by atoms with E-state index >= 15 is 0 Å². The van der Waals surface area contributed by atoms with Crippen molar-refractivity contribution in [2.24, 2.45) is 5.92 Å². The molecule has 2 fully saturated rings. The highest BCUT2D eigenvalue weighted by Crippen LogP contribution is 2.32. The molecule has 2 saturated heterocycles. The Morgan fingerprint density at radius 3 is 3.00 bits per heavy atom. The van der Waals surface area contributed by atoms with E-state index in [-0.39, 0.29) is 0 Å². The molecule has 2 aliphatic rings. The fourth-order valence-corrected chi connectivity index (χ4v) is 4.13. The Hall–Kier alpha value is -0.490. The lowest BCUT2D eigenvalue weighted by Crippen LogP contribution is -2.43. The molecule has 1 aromatic heterocycles. The number of hydrogen-bond acceptors (Lipinski definition) is 5. The number of rotatable bonds is 6. The molecular formula is C17H28N2O2S. The molecule has 0 N–H and O–H groups in total. The van der Waals surface area contributed by atoms with Crippen LogP contribution in [0.5, 0.6) is 0 Å². The van der Waals surface area contributed by atoms with Crippen LogP contribution in [0, 0.1) is 12.8 Å². The van der Waals surface area contributed by atoms with Gasteiger partial charge in [-0.05, 0) is 32.1 Å². The molecule has 0 spiro atoms. The van der Waals surface area contributed by atoms with E-state index < -0.39 is 0 Å². The summed E-state index contributed by atoms with van der Waals surface area (Å²) in [6, 6.07) is 0.573. The third-order valence-electron chi connectivity index (χ3n) is 4.54. The number of aromatic nitrogens is 1. The van der Waals surface area contributed by atoms with Crippen LogP contribution in [0.3, 0.4) is 0 Å². The summed E-state index contributed by atoms with van der Waals surface area (Å²) in [5.41, 5.74) is 1.21. The minimum Gasteiger partial charge on any atom is -0.378 e. The van der Waals surface area contributed by atoms with Gasteiger partial charge in [-0.25, -0.2) is 4.98 Å². The fraction of sp³-hybridized carbons (Fsp3) is 0.824. The summed E-state index contributed by atoms with van der Waals surface area (Å²) in [4.78, 5) is 7.16. The van der Waals surface area contributed by atoms with Gasteiger partial charge in [0, 0.05) is 31.1 Å². The third kappa shape index (κ3) is 4.07. The zero-order valence-electron chi connectivity index (χ0n) is 14.0. The van der Waals surface area contributed by atoms with Crippen LogP contribution in [0.1, 0.15) is 43.8 Å². The van der Waals surface area contributed by atoms with Crippen LogP contribution in [0.2, 0.25) is 0 Å². The van der Waals surface area contributed by atoms with Gasteiger partial charge in [0.05, 0.1) is 29.5 Å². The van der Waals surface area contributed by atoms with Crippen molar-refractivity contribution in [1.82, 2.24) is 9.88 Å².